The van der Waals surface area contributed by atoms with Crippen LogP contribution in [0.2, 0.25) is 0 Å². The van der Waals surface area contributed by atoms with E-state index in [2.05, 4.69) is 65.6 Å². The van der Waals surface area contributed by atoms with Gasteiger partial charge in [-0.2, -0.15) is 0 Å². The van der Waals surface area contributed by atoms with Crippen LogP contribution in [0.3, 0.4) is 0 Å². The number of Topliss-reactive ketones (excluding diaryl/α,β-unsaturated/α-hetero) is 1. The second-order valence-corrected chi connectivity index (χ2v) is 10.9. The highest BCUT2D eigenvalue weighted by Crippen LogP contribution is 2.21. The number of benzene rings is 4. The number of carbonyl (C=O) groups excluding carboxylic acids is 1. The molecule has 0 aliphatic rings. The second-order valence-electron chi connectivity index (χ2n) is 10.9. The van der Waals surface area contributed by atoms with Crippen LogP contribution in [0.5, 0.6) is 5.75 Å². The van der Waals surface area contributed by atoms with Gasteiger partial charge in [0.1, 0.15) is 18.1 Å². The lowest BCUT2D eigenvalue weighted by molar-refractivity contribution is -0.117. The van der Waals surface area contributed by atoms with Gasteiger partial charge < -0.3 is 14.6 Å². The largest absolute Gasteiger partial charge is 0.489 e. The van der Waals surface area contributed by atoms with Crippen LogP contribution in [0.1, 0.15) is 65.8 Å². The zero-order chi connectivity index (χ0) is 29.6. The van der Waals surface area contributed by atoms with Crippen molar-refractivity contribution in [1.82, 2.24) is 4.90 Å². The third-order valence-electron chi connectivity index (χ3n) is 7.49. The Morgan fingerprint density at radius 2 is 1.31 bits per heavy atom. The van der Waals surface area contributed by atoms with Crippen molar-refractivity contribution in [3.8, 4) is 5.75 Å². The molecule has 42 heavy (non-hydrogen) atoms. The van der Waals surface area contributed by atoms with Gasteiger partial charge in [-0.3, -0.25) is 4.90 Å². The minimum Gasteiger partial charge on any atom is -0.489 e. The molecule has 4 aromatic rings. The van der Waals surface area contributed by atoms with Crippen molar-refractivity contribution in [1.29, 1.82) is 0 Å². The summed E-state index contributed by atoms with van der Waals surface area (Å²) in [4.78, 5) is 25.0. The van der Waals surface area contributed by atoms with Gasteiger partial charge in [0.2, 0.25) is 0 Å². The molecule has 0 atom stereocenters. The number of para-hydroxylation sites is 1. The maximum atomic E-state index is 11.4. The quantitative estimate of drug-likeness (QED) is 0.132. The molecule has 0 aliphatic carbocycles. The van der Waals surface area contributed by atoms with Gasteiger partial charge in [-0.1, -0.05) is 84.9 Å². The zero-order valence-corrected chi connectivity index (χ0v) is 24.5. The second kappa shape index (κ2) is 16.3. The van der Waals surface area contributed by atoms with E-state index >= 15 is 0 Å². The fraction of sp³-hybridized carbons (Fsp3) is 0.297. The van der Waals surface area contributed by atoms with Crippen molar-refractivity contribution in [2.45, 2.75) is 58.6 Å². The SMILES string of the molecule is CC(=O)CCCCN(CCc1ccccc1OCc1ccc(CCc2ccccc2)cc1)Cc1ccc(C(=O)O)cc1.[HH]. The minimum absolute atomic E-state index is 0. The van der Waals surface area contributed by atoms with Gasteiger partial charge in [0.25, 0.3) is 0 Å². The first-order valence-electron chi connectivity index (χ1n) is 14.8. The van der Waals surface area contributed by atoms with E-state index < -0.39 is 5.97 Å². The number of ether oxygens (including phenoxy) is 1. The van der Waals surface area contributed by atoms with Crippen molar-refractivity contribution in [2.75, 3.05) is 13.1 Å². The summed E-state index contributed by atoms with van der Waals surface area (Å²) in [5.41, 5.74) is 6.34. The molecule has 5 nitrogen and oxygen atoms in total. The summed E-state index contributed by atoms with van der Waals surface area (Å²) in [5, 5.41) is 9.22. The molecule has 0 saturated heterocycles. The number of carbonyl (C=O) groups is 2. The highest BCUT2D eigenvalue weighted by Gasteiger charge is 2.11. The van der Waals surface area contributed by atoms with E-state index in [1.165, 1.54) is 11.1 Å². The van der Waals surface area contributed by atoms with Crippen molar-refractivity contribution < 1.29 is 20.9 Å². The van der Waals surface area contributed by atoms with Crippen LogP contribution in [0.15, 0.2) is 103 Å². The zero-order valence-electron chi connectivity index (χ0n) is 24.5. The first-order valence-corrected chi connectivity index (χ1v) is 14.8. The Kier molecular flexibility index (Phi) is 11.9. The molecule has 0 amide bonds. The third-order valence-corrected chi connectivity index (χ3v) is 7.49. The van der Waals surface area contributed by atoms with Gasteiger partial charge in [0, 0.05) is 20.9 Å². The van der Waals surface area contributed by atoms with E-state index in [4.69, 9.17) is 4.74 Å². The standard InChI is InChI=1S/C37H41NO4.H2/c1-29(39)9-7-8-25-38(27-32-20-22-35(23-21-32)37(40)41)26-24-34-12-5-6-13-36(34)42-28-33-18-16-31(17-19-33)15-14-30-10-3-2-4-11-30;/h2-6,10-13,16-23H,7-9,14-15,24-28H2,1H3,(H,40,41);1H. The summed E-state index contributed by atoms with van der Waals surface area (Å²) in [7, 11) is 0. The number of hydrogen-bond donors (Lipinski definition) is 1. The molecule has 0 spiro atoms. The fourth-order valence-corrected chi connectivity index (χ4v) is 5.02. The number of unbranched alkanes of at least 4 members (excludes halogenated alkanes) is 1. The Balaban J connectivity index is 0.00000506. The van der Waals surface area contributed by atoms with Crippen LogP contribution in [0.4, 0.5) is 0 Å². The van der Waals surface area contributed by atoms with Gasteiger partial charge >= 0.3 is 5.97 Å². The number of nitrogens with zero attached hydrogens (tertiary/aromatic N) is 1. The summed E-state index contributed by atoms with van der Waals surface area (Å²) >= 11 is 0. The topological polar surface area (TPSA) is 66.8 Å². The molecule has 0 heterocycles. The minimum atomic E-state index is -0.918. The Labute approximate surface area is 251 Å². The summed E-state index contributed by atoms with van der Waals surface area (Å²) in [5.74, 6) is 0.199. The lowest BCUT2D eigenvalue weighted by Crippen LogP contribution is -2.27. The molecule has 220 valence electrons. The molecule has 0 unspecified atom stereocenters. The van der Waals surface area contributed by atoms with Crippen molar-refractivity contribution >= 4 is 11.8 Å². The predicted molar refractivity (Wildman–Crippen MR) is 170 cm³/mol. The third kappa shape index (κ3) is 10.3. The number of ketones is 1. The Bertz CT molecular complexity index is 1410. The average molecular weight is 566 g/mol. The van der Waals surface area contributed by atoms with E-state index in [9.17, 15) is 14.7 Å². The lowest BCUT2D eigenvalue weighted by Gasteiger charge is -2.23. The maximum Gasteiger partial charge on any atom is 0.335 e. The first kappa shape index (κ1) is 30.7. The number of rotatable bonds is 17. The Morgan fingerprint density at radius 1 is 0.690 bits per heavy atom. The molecule has 0 radical (unpaired) electrons. The molecule has 4 aromatic carbocycles. The van der Waals surface area contributed by atoms with Crippen LogP contribution >= 0.6 is 0 Å². The number of aromatic carboxylic acids is 1. The summed E-state index contributed by atoms with van der Waals surface area (Å²) in [6.07, 6.45) is 5.29. The van der Waals surface area contributed by atoms with E-state index in [0.717, 1.165) is 74.2 Å². The van der Waals surface area contributed by atoms with Crippen LogP contribution in [-0.2, 0) is 37.2 Å². The predicted octanol–water partition coefficient (Wildman–Crippen LogP) is 7.80. The lowest BCUT2D eigenvalue weighted by atomic mass is 10.0. The van der Waals surface area contributed by atoms with Crippen LogP contribution in [0, 0.1) is 0 Å². The van der Waals surface area contributed by atoms with Crippen LogP contribution in [-0.4, -0.2) is 34.8 Å². The molecule has 0 saturated carbocycles. The van der Waals surface area contributed by atoms with Gasteiger partial charge in [-0.05, 0) is 91.6 Å². The smallest absolute Gasteiger partial charge is 0.335 e. The van der Waals surface area contributed by atoms with Crippen molar-refractivity contribution in [2.24, 2.45) is 0 Å². The van der Waals surface area contributed by atoms with Crippen molar-refractivity contribution in [3.63, 3.8) is 0 Å². The monoisotopic (exact) mass is 565 g/mol. The highest BCUT2D eigenvalue weighted by atomic mass is 16.5. The van der Waals surface area contributed by atoms with Crippen LogP contribution in [0.25, 0.3) is 0 Å². The molecule has 0 fully saturated rings. The maximum absolute atomic E-state index is 11.4. The molecule has 4 rings (SSSR count). The highest BCUT2D eigenvalue weighted by molar-refractivity contribution is 5.87. The Morgan fingerprint density at radius 3 is 2.00 bits per heavy atom. The summed E-state index contributed by atoms with van der Waals surface area (Å²) in [6.45, 7) is 4.57. The van der Waals surface area contributed by atoms with Gasteiger partial charge in [-0.25, -0.2) is 4.79 Å². The van der Waals surface area contributed by atoms with Gasteiger partial charge in [0.15, 0.2) is 0 Å². The number of aryl methyl sites for hydroxylation is 2. The van der Waals surface area contributed by atoms with Crippen LogP contribution < -0.4 is 4.74 Å². The van der Waals surface area contributed by atoms with Crippen molar-refractivity contribution in [3.05, 3.63) is 137 Å². The summed E-state index contributed by atoms with van der Waals surface area (Å²) in [6, 6.07) is 34.6. The normalized spacial score (nSPS) is 11.0. The first-order chi connectivity index (χ1) is 20.5. The molecule has 0 aromatic heterocycles. The molecule has 0 bridgehead atoms. The number of carboxylic acid groups (broad SMARTS) is 1. The molecule has 5 heteroatoms. The van der Waals surface area contributed by atoms with Gasteiger partial charge in [0.05, 0.1) is 5.56 Å². The van der Waals surface area contributed by atoms with Gasteiger partial charge in [-0.15, -0.1) is 0 Å². The van der Waals surface area contributed by atoms with E-state index in [0.29, 0.717) is 18.6 Å². The average Bonchev–Trinajstić information content (AvgIpc) is 3.01. The molecular formula is C37H43NO4. The molecule has 1 N–H and O–H groups in total. The Hall–Kier alpha value is -4.22. The molecular weight excluding hydrogens is 522 g/mol. The van der Waals surface area contributed by atoms with E-state index in [-0.39, 0.29) is 7.21 Å². The summed E-state index contributed by atoms with van der Waals surface area (Å²) < 4.78 is 6.29. The van der Waals surface area contributed by atoms with E-state index in [1.807, 2.05) is 30.3 Å². The fourth-order valence-electron chi connectivity index (χ4n) is 5.02. The number of carboxylic acids is 1. The number of hydrogen-bond acceptors (Lipinski definition) is 4. The van der Waals surface area contributed by atoms with E-state index in [1.54, 1.807) is 19.1 Å². The molecule has 0 aliphatic heterocycles.